The first kappa shape index (κ1) is 26.0. The van der Waals surface area contributed by atoms with Crippen LogP contribution in [0.4, 0.5) is 10.1 Å². The molecule has 1 heterocycles. The molecular weight excluding hydrogens is 481 g/mol. The molecule has 2 aromatic rings. The van der Waals surface area contributed by atoms with E-state index in [9.17, 15) is 17.6 Å². The largest absolute Gasteiger partial charge is 0.495 e. The zero-order chi connectivity index (χ0) is 25.0. The van der Waals surface area contributed by atoms with Crippen LogP contribution in [0.5, 0.6) is 5.75 Å². The number of carbonyl (C=O) groups is 1. The Hall–Kier alpha value is -2.62. The van der Waals surface area contributed by atoms with E-state index < -0.39 is 10.0 Å². The van der Waals surface area contributed by atoms with E-state index in [2.05, 4.69) is 9.62 Å². The molecule has 1 N–H and O–H groups in total. The average Bonchev–Trinajstić information content (AvgIpc) is 2.76. The molecule has 2 atom stereocenters. The van der Waals surface area contributed by atoms with Gasteiger partial charge in [0, 0.05) is 43.4 Å². The molecule has 3 rings (SSSR count). The highest BCUT2D eigenvalue weighted by atomic mass is 35.5. The second kappa shape index (κ2) is 10.8. The molecule has 1 aliphatic heterocycles. The van der Waals surface area contributed by atoms with Crippen LogP contribution in [0, 0.1) is 5.82 Å². The summed E-state index contributed by atoms with van der Waals surface area (Å²) in [6, 6.07) is 9.58. The van der Waals surface area contributed by atoms with E-state index in [4.69, 9.17) is 16.3 Å². The third kappa shape index (κ3) is 6.49. The van der Waals surface area contributed by atoms with Crippen molar-refractivity contribution in [3.63, 3.8) is 0 Å². The van der Waals surface area contributed by atoms with Gasteiger partial charge < -0.3 is 9.64 Å². The first-order valence-corrected chi connectivity index (χ1v) is 13.1. The molecule has 1 aliphatic rings. The van der Waals surface area contributed by atoms with Gasteiger partial charge in [0.15, 0.2) is 0 Å². The van der Waals surface area contributed by atoms with Crippen molar-refractivity contribution < 1.29 is 22.3 Å². The number of hydrogen-bond acceptors (Lipinski definition) is 5. The topological polar surface area (TPSA) is 78.9 Å². The summed E-state index contributed by atoms with van der Waals surface area (Å²) in [5.74, 6) is -0.104. The molecule has 0 bridgehead atoms. The van der Waals surface area contributed by atoms with E-state index in [-0.39, 0.29) is 34.5 Å². The summed E-state index contributed by atoms with van der Waals surface area (Å²) in [7, 11) is -2.09. The molecule has 0 spiro atoms. The van der Waals surface area contributed by atoms with Gasteiger partial charge in [0.25, 0.3) is 0 Å². The summed E-state index contributed by atoms with van der Waals surface area (Å²) in [6.45, 7) is 5.88. The minimum absolute atomic E-state index is 0.0526. The quantitative estimate of drug-likeness (QED) is 0.571. The molecule has 1 amide bonds. The molecule has 1 saturated heterocycles. The number of anilines is 1. The molecular formula is C24H29ClFN3O4S. The number of methoxy groups -OCH3 is 1. The molecule has 7 nitrogen and oxygen atoms in total. The fourth-order valence-electron chi connectivity index (χ4n) is 3.98. The smallest absolute Gasteiger partial charge is 0.246 e. The van der Waals surface area contributed by atoms with Gasteiger partial charge in [0.05, 0.1) is 24.1 Å². The maximum atomic E-state index is 13.2. The van der Waals surface area contributed by atoms with Crippen molar-refractivity contribution in [2.45, 2.75) is 32.5 Å². The lowest BCUT2D eigenvalue weighted by Gasteiger charge is -2.44. The fourth-order valence-corrected chi connectivity index (χ4v) is 4.86. The van der Waals surface area contributed by atoms with Crippen molar-refractivity contribution in [2.24, 2.45) is 0 Å². The molecule has 0 aromatic heterocycles. The van der Waals surface area contributed by atoms with Crippen molar-refractivity contribution in [1.82, 2.24) is 9.80 Å². The van der Waals surface area contributed by atoms with Crippen molar-refractivity contribution in [1.29, 1.82) is 0 Å². The molecule has 184 valence electrons. The molecule has 2 aromatic carbocycles. The van der Waals surface area contributed by atoms with Gasteiger partial charge in [-0.1, -0.05) is 23.7 Å². The third-order valence-electron chi connectivity index (χ3n) is 5.75. The third-order valence-corrected chi connectivity index (χ3v) is 6.73. The van der Waals surface area contributed by atoms with Crippen LogP contribution < -0.4 is 9.46 Å². The monoisotopic (exact) mass is 509 g/mol. The summed E-state index contributed by atoms with van der Waals surface area (Å²) in [6.07, 6.45) is 3.94. The van der Waals surface area contributed by atoms with Crippen LogP contribution >= 0.6 is 11.6 Å². The molecule has 34 heavy (non-hydrogen) atoms. The van der Waals surface area contributed by atoms with Crippen LogP contribution in [-0.2, 0) is 21.4 Å². The number of benzene rings is 2. The van der Waals surface area contributed by atoms with Crippen molar-refractivity contribution >= 4 is 39.3 Å². The Balaban J connectivity index is 1.75. The predicted octanol–water partition coefficient (Wildman–Crippen LogP) is 3.99. The maximum absolute atomic E-state index is 13.2. The van der Waals surface area contributed by atoms with Crippen LogP contribution in [0.25, 0.3) is 6.08 Å². The zero-order valence-electron chi connectivity index (χ0n) is 19.6. The van der Waals surface area contributed by atoms with Crippen LogP contribution in [-0.4, -0.2) is 62.7 Å². The number of piperazine rings is 1. The highest BCUT2D eigenvalue weighted by Crippen LogP contribution is 2.35. The normalized spacial score (nSPS) is 19.4. The summed E-state index contributed by atoms with van der Waals surface area (Å²) in [4.78, 5) is 17.1. The molecule has 10 heteroatoms. The number of hydrogen-bond donors (Lipinski definition) is 1. The fraction of sp³-hybridized carbons (Fsp3) is 0.375. The maximum Gasteiger partial charge on any atom is 0.246 e. The van der Waals surface area contributed by atoms with Gasteiger partial charge in [-0.15, -0.1) is 0 Å². The predicted molar refractivity (Wildman–Crippen MR) is 133 cm³/mol. The highest BCUT2D eigenvalue weighted by Gasteiger charge is 2.31. The van der Waals surface area contributed by atoms with Crippen LogP contribution in [0.2, 0.25) is 5.02 Å². The van der Waals surface area contributed by atoms with Gasteiger partial charge in [-0.3, -0.25) is 14.4 Å². The minimum atomic E-state index is -3.55. The number of sulfonamides is 1. The van der Waals surface area contributed by atoms with E-state index in [1.54, 1.807) is 23.1 Å². The number of nitrogens with zero attached hydrogens (tertiary/aromatic N) is 2. The Bertz CT molecular complexity index is 1170. The van der Waals surface area contributed by atoms with E-state index >= 15 is 0 Å². The SMILES string of the molecule is COc1ccc(NS(C)(=O)=O)c(C=CC(=O)N2C[C@H](C)N(Cc3ccc(F)cc3)C[C@H]2C)c1Cl. The van der Waals surface area contributed by atoms with E-state index in [0.717, 1.165) is 11.8 Å². The number of ether oxygens (including phenoxy) is 1. The summed E-state index contributed by atoms with van der Waals surface area (Å²) < 4.78 is 44.4. The van der Waals surface area contributed by atoms with Crippen molar-refractivity contribution in [2.75, 3.05) is 31.2 Å². The first-order chi connectivity index (χ1) is 16.0. The van der Waals surface area contributed by atoms with Crippen LogP contribution in [0.15, 0.2) is 42.5 Å². The Kier molecular flexibility index (Phi) is 8.22. The summed E-state index contributed by atoms with van der Waals surface area (Å²) in [5, 5.41) is 0.200. The highest BCUT2D eigenvalue weighted by molar-refractivity contribution is 7.92. The molecule has 0 radical (unpaired) electrons. The van der Waals surface area contributed by atoms with Crippen LogP contribution in [0.1, 0.15) is 25.0 Å². The Morgan fingerprint density at radius 3 is 2.47 bits per heavy atom. The lowest BCUT2D eigenvalue weighted by Crippen LogP contribution is -2.57. The van der Waals surface area contributed by atoms with Crippen LogP contribution in [0.3, 0.4) is 0 Å². The van der Waals surface area contributed by atoms with Gasteiger partial charge in [-0.2, -0.15) is 0 Å². The Morgan fingerprint density at radius 1 is 1.18 bits per heavy atom. The first-order valence-electron chi connectivity index (χ1n) is 10.8. The number of carbonyl (C=O) groups excluding carboxylic acids is 1. The summed E-state index contributed by atoms with van der Waals surface area (Å²) in [5.41, 5.74) is 1.61. The lowest BCUT2D eigenvalue weighted by molar-refractivity contribution is -0.131. The molecule has 0 unspecified atom stereocenters. The van der Waals surface area contributed by atoms with Crippen molar-refractivity contribution in [3.8, 4) is 5.75 Å². The molecule has 0 saturated carbocycles. The zero-order valence-corrected chi connectivity index (χ0v) is 21.2. The number of nitrogens with one attached hydrogen (secondary N) is 1. The van der Waals surface area contributed by atoms with Gasteiger partial charge in [-0.05, 0) is 49.8 Å². The second-order valence-electron chi connectivity index (χ2n) is 8.50. The van der Waals surface area contributed by atoms with Gasteiger partial charge >= 0.3 is 0 Å². The summed E-state index contributed by atoms with van der Waals surface area (Å²) >= 11 is 6.40. The number of rotatable bonds is 7. The second-order valence-corrected chi connectivity index (χ2v) is 10.6. The van der Waals surface area contributed by atoms with Gasteiger partial charge in [0.2, 0.25) is 15.9 Å². The Morgan fingerprint density at radius 2 is 1.85 bits per heavy atom. The van der Waals surface area contributed by atoms with E-state index in [0.29, 0.717) is 30.9 Å². The van der Waals surface area contributed by atoms with E-state index in [1.165, 1.54) is 37.5 Å². The lowest BCUT2D eigenvalue weighted by atomic mass is 10.1. The van der Waals surface area contributed by atoms with Gasteiger partial charge in [0.1, 0.15) is 11.6 Å². The number of halogens is 2. The standard InChI is InChI=1S/C24H29ClFN3O4S/c1-16-14-29(17(2)13-28(16)15-18-5-7-19(26)8-6-18)23(30)12-9-20-21(27-34(4,31)32)10-11-22(33-3)24(20)25/h5-12,16-17,27H,13-15H2,1-4H3/t16-,17+/m0/s1. The minimum Gasteiger partial charge on any atom is -0.495 e. The average molecular weight is 510 g/mol. The van der Waals surface area contributed by atoms with Crippen molar-refractivity contribution in [3.05, 3.63) is 64.4 Å². The number of amides is 1. The van der Waals surface area contributed by atoms with Gasteiger partial charge in [-0.25, -0.2) is 12.8 Å². The Labute approximate surface area is 205 Å². The van der Waals surface area contributed by atoms with E-state index in [1.807, 2.05) is 13.8 Å². The molecule has 1 fully saturated rings. The molecule has 0 aliphatic carbocycles.